The first kappa shape index (κ1) is 31.2. The van der Waals surface area contributed by atoms with Gasteiger partial charge in [0.2, 0.25) is 5.88 Å². The monoisotopic (exact) mass is 601 g/mol. The highest BCUT2D eigenvalue weighted by molar-refractivity contribution is 5.90. The summed E-state index contributed by atoms with van der Waals surface area (Å²) < 4.78 is 58.7. The summed E-state index contributed by atoms with van der Waals surface area (Å²) in [6.07, 6.45) is -0.335. The number of piperazine rings is 1. The van der Waals surface area contributed by atoms with Crippen molar-refractivity contribution in [3.63, 3.8) is 0 Å². The molecule has 0 amide bonds. The zero-order valence-electron chi connectivity index (χ0n) is 26.0. The molecule has 1 aromatic carbocycles. The number of methoxy groups -OCH3 is 1. The molecule has 2 saturated heterocycles. The molecule has 0 radical (unpaired) electrons. The number of hydrogen-bond donors (Lipinski definition) is 2. The second kappa shape index (κ2) is 12.0. The van der Waals surface area contributed by atoms with Gasteiger partial charge in [0.05, 0.1) is 30.2 Å². The molecular formula is C31H42F3N7O2. The number of hydrogen-bond acceptors (Lipinski definition) is 9. The van der Waals surface area contributed by atoms with Crippen LogP contribution < -0.4 is 20.3 Å². The number of anilines is 2. The van der Waals surface area contributed by atoms with Gasteiger partial charge in [-0.1, -0.05) is 12.1 Å². The second-order valence-electron chi connectivity index (χ2n) is 12.2. The maximum atomic E-state index is 15.9. The number of aromatic nitrogens is 3. The largest absolute Gasteiger partial charge is 0.479 e. The van der Waals surface area contributed by atoms with E-state index in [1.165, 1.54) is 26.0 Å². The Morgan fingerprint density at radius 1 is 1.05 bits per heavy atom. The van der Waals surface area contributed by atoms with Gasteiger partial charge in [-0.2, -0.15) is 13.8 Å². The Labute approximate surface area is 251 Å². The molecule has 9 nitrogen and oxygen atoms in total. The maximum absolute atomic E-state index is 15.9. The lowest BCUT2D eigenvalue weighted by molar-refractivity contribution is -0.225. The van der Waals surface area contributed by atoms with Gasteiger partial charge in [-0.3, -0.25) is 4.90 Å². The minimum absolute atomic E-state index is 0.0919. The highest BCUT2D eigenvalue weighted by Crippen LogP contribution is 2.44. The Morgan fingerprint density at radius 3 is 2.35 bits per heavy atom. The van der Waals surface area contributed by atoms with E-state index in [0.29, 0.717) is 47.7 Å². The summed E-state index contributed by atoms with van der Waals surface area (Å²) in [6, 6.07) is 5.79. The lowest BCUT2D eigenvalue weighted by atomic mass is 9.90. The van der Waals surface area contributed by atoms with Gasteiger partial charge in [-0.25, -0.2) is 14.4 Å². The fraction of sp³-hybridized carbons (Fsp3) is 0.581. The van der Waals surface area contributed by atoms with Crippen LogP contribution in [-0.2, 0) is 10.7 Å². The Hall–Kier alpha value is -3.22. The third-order valence-electron chi connectivity index (χ3n) is 8.47. The van der Waals surface area contributed by atoms with Gasteiger partial charge in [-0.05, 0) is 53.7 Å². The molecule has 234 valence electrons. The number of pyridine rings is 1. The molecule has 4 heterocycles. The zero-order valence-corrected chi connectivity index (χ0v) is 26.0. The number of benzene rings is 1. The zero-order chi connectivity index (χ0) is 31.1. The van der Waals surface area contributed by atoms with E-state index in [4.69, 9.17) is 14.5 Å². The first-order valence-electron chi connectivity index (χ1n) is 14.9. The van der Waals surface area contributed by atoms with E-state index in [1.54, 1.807) is 21.0 Å². The Balaban J connectivity index is 1.46. The van der Waals surface area contributed by atoms with Crippen molar-refractivity contribution in [3.8, 4) is 5.88 Å². The van der Waals surface area contributed by atoms with E-state index < -0.39 is 28.9 Å². The summed E-state index contributed by atoms with van der Waals surface area (Å²) in [7, 11) is 1.58. The van der Waals surface area contributed by atoms with E-state index in [9.17, 15) is 0 Å². The number of alkyl halides is 2. The van der Waals surface area contributed by atoms with Crippen molar-refractivity contribution in [1.29, 1.82) is 0 Å². The molecule has 43 heavy (non-hydrogen) atoms. The van der Waals surface area contributed by atoms with Gasteiger partial charge in [0.15, 0.2) is 5.65 Å². The summed E-state index contributed by atoms with van der Waals surface area (Å²) in [6.45, 7) is 14.8. The second-order valence-corrected chi connectivity index (χ2v) is 12.2. The van der Waals surface area contributed by atoms with E-state index >= 15 is 13.2 Å². The third kappa shape index (κ3) is 6.09. The number of nitrogens with zero attached hydrogens (tertiary/aromatic N) is 5. The summed E-state index contributed by atoms with van der Waals surface area (Å²) in [4.78, 5) is 18.5. The first-order chi connectivity index (χ1) is 20.3. The van der Waals surface area contributed by atoms with Crippen LogP contribution in [0.25, 0.3) is 11.0 Å². The van der Waals surface area contributed by atoms with Gasteiger partial charge >= 0.3 is 5.92 Å². The summed E-state index contributed by atoms with van der Waals surface area (Å²) in [5.41, 5.74) is -1.27. The Kier molecular flexibility index (Phi) is 8.75. The van der Waals surface area contributed by atoms with Gasteiger partial charge in [-0.15, -0.1) is 0 Å². The maximum Gasteiger partial charge on any atom is 0.303 e. The van der Waals surface area contributed by atoms with Crippen LogP contribution in [0.15, 0.2) is 24.3 Å². The molecule has 0 unspecified atom stereocenters. The van der Waals surface area contributed by atoms with Crippen LogP contribution in [0.2, 0.25) is 0 Å². The molecule has 3 aromatic rings. The lowest BCUT2D eigenvalue weighted by Crippen LogP contribution is -2.55. The highest BCUT2D eigenvalue weighted by Gasteiger charge is 2.52. The predicted octanol–water partition coefficient (Wildman–Crippen LogP) is 5.04. The molecule has 2 aromatic heterocycles. The van der Waals surface area contributed by atoms with Gasteiger partial charge < -0.3 is 25.0 Å². The molecule has 2 fully saturated rings. The van der Waals surface area contributed by atoms with Gasteiger partial charge in [0.25, 0.3) is 0 Å². The molecule has 0 saturated carbocycles. The number of rotatable bonds is 10. The van der Waals surface area contributed by atoms with E-state index in [0.717, 1.165) is 37.9 Å². The number of ether oxygens (including phenoxy) is 2. The predicted molar refractivity (Wildman–Crippen MR) is 162 cm³/mol. The summed E-state index contributed by atoms with van der Waals surface area (Å²) >= 11 is 0. The van der Waals surface area contributed by atoms with Crippen LogP contribution >= 0.6 is 0 Å². The van der Waals surface area contributed by atoms with Crippen molar-refractivity contribution in [1.82, 2.24) is 25.2 Å². The molecule has 2 aliphatic rings. The van der Waals surface area contributed by atoms with Crippen molar-refractivity contribution < 1.29 is 22.6 Å². The number of nitrogens with one attached hydrogen (secondary N) is 2. The first-order valence-corrected chi connectivity index (χ1v) is 14.9. The van der Waals surface area contributed by atoms with Gasteiger partial charge in [0.1, 0.15) is 28.7 Å². The molecule has 0 bridgehead atoms. The molecule has 2 N–H and O–H groups in total. The van der Waals surface area contributed by atoms with E-state index in [-0.39, 0.29) is 11.7 Å². The van der Waals surface area contributed by atoms with Crippen LogP contribution in [0.1, 0.15) is 57.6 Å². The lowest BCUT2D eigenvalue weighted by Gasteiger charge is -2.40. The molecule has 0 spiro atoms. The fourth-order valence-electron chi connectivity index (χ4n) is 5.67. The fourth-order valence-corrected chi connectivity index (χ4v) is 5.67. The van der Waals surface area contributed by atoms with Crippen molar-refractivity contribution in [2.45, 2.75) is 71.3 Å². The SMILES string of the molecule is COc1nc2nc(C)nc(N[C@H](C)c3cccc(C(F)(F)C(C)(C)OC4CNC4)c3F)c2cc1N1CCN(C(C)C)CC1. The average molecular weight is 602 g/mol. The normalized spacial score (nSPS) is 17.8. The van der Waals surface area contributed by atoms with Crippen molar-refractivity contribution in [2.24, 2.45) is 0 Å². The minimum Gasteiger partial charge on any atom is -0.479 e. The van der Waals surface area contributed by atoms with Crippen molar-refractivity contribution >= 4 is 22.5 Å². The number of aryl methyl sites for hydroxylation is 1. The van der Waals surface area contributed by atoms with Crippen LogP contribution in [0, 0.1) is 12.7 Å². The summed E-state index contributed by atoms with van der Waals surface area (Å²) in [5, 5.41) is 6.89. The van der Waals surface area contributed by atoms with Crippen molar-refractivity contribution in [2.75, 3.05) is 56.6 Å². The van der Waals surface area contributed by atoms with Crippen LogP contribution in [-0.4, -0.2) is 84.0 Å². The molecule has 1 atom stereocenters. The quantitative estimate of drug-likeness (QED) is 0.332. The average Bonchev–Trinajstić information content (AvgIpc) is 2.94. The van der Waals surface area contributed by atoms with E-state index in [1.807, 2.05) is 6.07 Å². The summed E-state index contributed by atoms with van der Waals surface area (Å²) in [5.74, 6) is -3.19. The Bertz CT molecular complexity index is 1460. The molecular weight excluding hydrogens is 559 g/mol. The molecule has 0 aliphatic carbocycles. The number of fused-ring (bicyclic) bond motifs is 1. The number of halogens is 3. The molecule has 2 aliphatic heterocycles. The topological polar surface area (TPSA) is 87.7 Å². The van der Waals surface area contributed by atoms with Crippen LogP contribution in [0.4, 0.5) is 24.7 Å². The highest BCUT2D eigenvalue weighted by atomic mass is 19.3. The minimum atomic E-state index is -3.57. The third-order valence-corrected chi connectivity index (χ3v) is 8.47. The molecule has 12 heteroatoms. The van der Waals surface area contributed by atoms with E-state index in [2.05, 4.69) is 44.2 Å². The van der Waals surface area contributed by atoms with Crippen LogP contribution in [0.5, 0.6) is 5.88 Å². The molecule has 5 rings (SSSR count). The Morgan fingerprint density at radius 2 is 1.74 bits per heavy atom. The standard InChI is InChI=1S/C31H42F3N7O2/c1-18(2)40-11-13-41(14-12-40)25-15-23-27(37-20(4)38-28(23)39-29(25)42-7)36-19(3)22-9-8-10-24(26(22)32)31(33,34)30(5,6)43-21-16-35-17-21/h8-10,15,18-19,21,35H,11-14,16-17H2,1-7H3,(H,36,37,38,39)/t19-/m1/s1. The van der Waals surface area contributed by atoms with Crippen LogP contribution in [0.3, 0.4) is 0 Å². The van der Waals surface area contributed by atoms with Gasteiger partial charge in [0, 0.05) is 50.9 Å². The smallest absolute Gasteiger partial charge is 0.303 e. The van der Waals surface area contributed by atoms with Crippen molar-refractivity contribution in [3.05, 3.63) is 47.0 Å².